The van der Waals surface area contributed by atoms with Gasteiger partial charge in [-0.2, -0.15) is 0 Å². The highest BCUT2D eigenvalue weighted by molar-refractivity contribution is 6.42. The molecule has 0 fully saturated rings. The molecule has 0 aliphatic rings. The Kier molecular flexibility index (Phi) is 6.01. The van der Waals surface area contributed by atoms with Gasteiger partial charge in [0, 0.05) is 24.4 Å². The van der Waals surface area contributed by atoms with E-state index in [0.717, 1.165) is 5.56 Å². The van der Waals surface area contributed by atoms with Gasteiger partial charge in [-0.15, -0.1) is 0 Å². The minimum Gasteiger partial charge on any atom is -0.326 e. The van der Waals surface area contributed by atoms with Crippen LogP contribution in [0.3, 0.4) is 0 Å². The molecule has 2 aromatic carbocycles. The van der Waals surface area contributed by atoms with Gasteiger partial charge in [-0.3, -0.25) is 9.59 Å². The fourth-order valence-corrected chi connectivity index (χ4v) is 2.46. The minimum absolute atomic E-state index is 0.169. The number of hydrogen-bond acceptors (Lipinski definition) is 2. The van der Waals surface area contributed by atoms with Crippen molar-refractivity contribution >= 4 is 52.5 Å². The zero-order valence-electron chi connectivity index (χ0n) is 13.2. The molecule has 2 aromatic rings. The van der Waals surface area contributed by atoms with Crippen molar-refractivity contribution in [2.45, 2.75) is 13.8 Å². The van der Waals surface area contributed by atoms with Gasteiger partial charge in [0.05, 0.1) is 10.0 Å². The molecule has 0 spiro atoms. The lowest BCUT2D eigenvalue weighted by molar-refractivity contribution is -0.114. The van der Waals surface area contributed by atoms with Crippen molar-refractivity contribution in [3.63, 3.8) is 0 Å². The summed E-state index contributed by atoms with van der Waals surface area (Å²) >= 11 is 12.0. The average Bonchev–Trinajstić information content (AvgIpc) is 2.52. The van der Waals surface area contributed by atoms with E-state index in [4.69, 9.17) is 23.2 Å². The highest BCUT2D eigenvalue weighted by Crippen LogP contribution is 2.27. The molecule has 2 N–H and O–H groups in total. The predicted molar refractivity (Wildman–Crippen MR) is 99.6 cm³/mol. The number of nitrogens with one attached hydrogen (secondary N) is 2. The topological polar surface area (TPSA) is 58.2 Å². The van der Waals surface area contributed by atoms with Gasteiger partial charge in [-0.25, -0.2) is 0 Å². The Morgan fingerprint density at radius 1 is 1.00 bits per heavy atom. The summed E-state index contributed by atoms with van der Waals surface area (Å²) in [5.74, 6) is -0.480. The molecule has 0 atom stereocenters. The van der Waals surface area contributed by atoms with Gasteiger partial charge >= 0.3 is 0 Å². The second-order valence-corrected chi connectivity index (χ2v) is 5.91. The monoisotopic (exact) mass is 362 g/mol. The van der Waals surface area contributed by atoms with Crippen molar-refractivity contribution in [3.8, 4) is 0 Å². The van der Waals surface area contributed by atoms with E-state index in [1.54, 1.807) is 42.5 Å². The standard InChI is InChI=1S/C18H16Cl2N2O2/c1-11-15(21-12(2)23)7-4-8-16(11)22-17(24)10-9-13-5-3-6-14(19)18(13)20/h3-10H,1-2H3,(H,21,23)(H,22,24)/b10-9+. The third-order valence-corrected chi connectivity index (χ3v) is 4.13. The molecule has 0 heterocycles. The predicted octanol–water partition coefficient (Wildman–Crippen LogP) is 4.91. The van der Waals surface area contributed by atoms with Crippen LogP contribution in [-0.4, -0.2) is 11.8 Å². The Balaban J connectivity index is 2.14. The van der Waals surface area contributed by atoms with Crippen molar-refractivity contribution in [2.24, 2.45) is 0 Å². The van der Waals surface area contributed by atoms with Crippen LogP contribution >= 0.6 is 23.2 Å². The van der Waals surface area contributed by atoms with E-state index in [1.165, 1.54) is 13.0 Å². The van der Waals surface area contributed by atoms with Gasteiger partial charge in [0.25, 0.3) is 0 Å². The number of carbonyl (C=O) groups excluding carboxylic acids is 2. The first-order chi connectivity index (χ1) is 11.4. The summed E-state index contributed by atoms with van der Waals surface area (Å²) < 4.78 is 0. The second kappa shape index (κ2) is 7.99. The average molecular weight is 363 g/mol. The van der Waals surface area contributed by atoms with Gasteiger partial charge in [0.2, 0.25) is 11.8 Å². The lowest BCUT2D eigenvalue weighted by Crippen LogP contribution is -2.12. The molecule has 2 amide bonds. The first-order valence-corrected chi connectivity index (χ1v) is 7.94. The molecule has 6 heteroatoms. The zero-order valence-corrected chi connectivity index (χ0v) is 14.7. The molecule has 0 radical (unpaired) electrons. The Morgan fingerprint density at radius 2 is 1.62 bits per heavy atom. The first kappa shape index (κ1) is 18.0. The molecule has 4 nitrogen and oxygen atoms in total. The number of anilines is 2. The summed E-state index contributed by atoms with van der Waals surface area (Å²) in [4.78, 5) is 23.3. The lowest BCUT2D eigenvalue weighted by atomic mass is 10.1. The third kappa shape index (κ3) is 4.60. The van der Waals surface area contributed by atoms with Crippen LogP contribution in [0.2, 0.25) is 10.0 Å². The Labute approximate surface area is 150 Å². The highest BCUT2D eigenvalue weighted by atomic mass is 35.5. The van der Waals surface area contributed by atoms with Crippen LogP contribution in [-0.2, 0) is 9.59 Å². The molecule has 0 bridgehead atoms. The van der Waals surface area contributed by atoms with E-state index in [1.807, 2.05) is 6.92 Å². The number of carbonyl (C=O) groups is 2. The first-order valence-electron chi connectivity index (χ1n) is 7.18. The number of hydrogen-bond donors (Lipinski definition) is 2. The number of rotatable bonds is 4. The van der Waals surface area contributed by atoms with E-state index in [-0.39, 0.29) is 11.8 Å². The molecule has 0 saturated heterocycles. The maximum atomic E-state index is 12.1. The largest absolute Gasteiger partial charge is 0.326 e. The third-order valence-electron chi connectivity index (χ3n) is 3.30. The SMILES string of the molecule is CC(=O)Nc1cccc(NC(=O)/C=C/c2cccc(Cl)c2Cl)c1C. The Bertz CT molecular complexity index is 817. The maximum absolute atomic E-state index is 12.1. The van der Waals surface area contributed by atoms with E-state index in [2.05, 4.69) is 10.6 Å². The summed E-state index contributed by atoms with van der Waals surface area (Å²) in [5.41, 5.74) is 2.70. The van der Waals surface area contributed by atoms with Crippen LogP contribution < -0.4 is 10.6 Å². The molecule has 0 unspecified atom stereocenters. The lowest BCUT2D eigenvalue weighted by Gasteiger charge is -2.11. The van der Waals surface area contributed by atoms with E-state index in [0.29, 0.717) is 27.0 Å². The van der Waals surface area contributed by atoms with Crippen LogP contribution in [0.5, 0.6) is 0 Å². The van der Waals surface area contributed by atoms with Gasteiger partial charge in [0.15, 0.2) is 0 Å². The van der Waals surface area contributed by atoms with Crippen LogP contribution in [0.1, 0.15) is 18.1 Å². The smallest absolute Gasteiger partial charge is 0.248 e. The van der Waals surface area contributed by atoms with Gasteiger partial charge in [-0.05, 0) is 42.3 Å². The minimum atomic E-state index is -0.311. The molecule has 0 aromatic heterocycles. The summed E-state index contributed by atoms with van der Waals surface area (Å²) in [6.07, 6.45) is 2.97. The summed E-state index contributed by atoms with van der Waals surface area (Å²) in [7, 11) is 0. The van der Waals surface area contributed by atoms with Gasteiger partial charge < -0.3 is 10.6 Å². The molecular weight excluding hydrogens is 347 g/mol. The summed E-state index contributed by atoms with van der Waals surface area (Å²) in [6, 6.07) is 10.5. The molecular formula is C18H16Cl2N2O2. The van der Waals surface area contributed by atoms with Crippen LogP contribution in [0.4, 0.5) is 11.4 Å². The van der Waals surface area contributed by atoms with E-state index >= 15 is 0 Å². The van der Waals surface area contributed by atoms with Crippen molar-refractivity contribution in [1.82, 2.24) is 0 Å². The molecule has 24 heavy (non-hydrogen) atoms. The fraction of sp³-hybridized carbons (Fsp3) is 0.111. The highest BCUT2D eigenvalue weighted by Gasteiger charge is 2.07. The number of amides is 2. The normalized spacial score (nSPS) is 10.7. The number of halogens is 2. The van der Waals surface area contributed by atoms with E-state index in [9.17, 15) is 9.59 Å². The van der Waals surface area contributed by atoms with Gasteiger partial charge in [-0.1, -0.05) is 41.4 Å². The zero-order chi connectivity index (χ0) is 17.7. The maximum Gasteiger partial charge on any atom is 0.248 e. The Hall–Kier alpha value is -2.30. The Morgan fingerprint density at radius 3 is 2.29 bits per heavy atom. The van der Waals surface area contributed by atoms with Crippen molar-refractivity contribution in [2.75, 3.05) is 10.6 Å². The van der Waals surface area contributed by atoms with Crippen LogP contribution in [0.25, 0.3) is 6.08 Å². The van der Waals surface area contributed by atoms with Crippen LogP contribution in [0, 0.1) is 6.92 Å². The molecule has 0 aliphatic heterocycles. The number of benzene rings is 2. The molecule has 0 aliphatic carbocycles. The fourth-order valence-electron chi connectivity index (χ4n) is 2.09. The van der Waals surface area contributed by atoms with Gasteiger partial charge in [0.1, 0.15) is 0 Å². The second-order valence-electron chi connectivity index (χ2n) is 5.12. The summed E-state index contributed by atoms with van der Waals surface area (Å²) in [5, 5.41) is 6.32. The van der Waals surface area contributed by atoms with Crippen molar-refractivity contribution in [1.29, 1.82) is 0 Å². The van der Waals surface area contributed by atoms with Crippen molar-refractivity contribution in [3.05, 3.63) is 63.6 Å². The summed E-state index contributed by atoms with van der Waals surface area (Å²) in [6.45, 7) is 3.25. The molecule has 2 rings (SSSR count). The van der Waals surface area contributed by atoms with E-state index < -0.39 is 0 Å². The molecule has 0 saturated carbocycles. The van der Waals surface area contributed by atoms with Crippen LogP contribution in [0.15, 0.2) is 42.5 Å². The quantitative estimate of drug-likeness (QED) is 0.758. The molecule has 124 valence electrons. The van der Waals surface area contributed by atoms with Crippen molar-refractivity contribution < 1.29 is 9.59 Å².